The van der Waals surface area contributed by atoms with Crippen molar-refractivity contribution in [2.24, 2.45) is 0 Å². The van der Waals surface area contributed by atoms with E-state index >= 15 is 0 Å². The lowest BCUT2D eigenvalue weighted by atomic mass is 10.1. The van der Waals surface area contributed by atoms with Crippen LogP contribution in [-0.2, 0) is 12.2 Å². The van der Waals surface area contributed by atoms with Crippen LogP contribution in [0.4, 0.5) is 0 Å². The molecule has 1 aliphatic rings. The molecule has 3 aromatic rings. The maximum absolute atomic E-state index is 12.5. The van der Waals surface area contributed by atoms with Crippen LogP contribution in [0.3, 0.4) is 0 Å². The molecular weight excluding hydrogens is 364 g/mol. The van der Waals surface area contributed by atoms with Gasteiger partial charge in [-0.1, -0.05) is 29.4 Å². The summed E-state index contributed by atoms with van der Waals surface area (Å²) in [6.07, 6.45) is 2.85. The number of carbonyl (C=O) groups excluding carboxylic acids is 1. The third-order valence-electron chi connectivity index (χ3n) is 4.37. The fourth-order valence-corrected chi connectivity index (χ4v) is 4.43. The highest BCUT2D eigenvalue weighted by Crippen LogP contribution is 2.42. The second-order valence-electron chi connectivity index (χ2n) is 5.98. The Morgan fingerprint density at radius 3 is 2.85 bits per heavy atom. The van der Waals surface area contributed by atoms with Gasteiger partial charge in [0.2, 0.25) is 0 Å². The first-order chi connectivity index (χ1) is 12.8. The number of fused-ring (bicyclic) bond motifs is 3. The van der Waals surface area contributed by atoms with E-state index in [2.05, 4.69) is 47.1 Å². The zero-order chi connectivity index (χ0) is 17.9. The number of carbonyl (C=O) groups is 1. The molecule has 1 N–H and O–H groups in total. The lowest BCUT2D eigenvalue weighted by molar-refractivity contribution is 0.0944. The molecule has 4 rings (SSSR count). The summed E-state index contributed by atoms with van der Waals surface area (Å²) in [6.45, 7) is 0.572. The van der Waals surface area contributed by atoms with Gasteiger partial charge in [-0.3, -0.25) is 4.79 Å². The van der Waals surface area contributed by atoms with E-state index in [9.17, 15) is 4.79 Å². The van der Waals surface area contributed by atoms with Gasteiger partial charge in [0.25, 0.3) is 5.91 Å². The quantitative estimate of drug-likeness (QED) is 0.652. The summed E-state index contributed by atoms with van der Waals surface area (Å²) in [7, 11) is 0. The van der Waals surface area contributed by atoms with Crippen LogP contribution in [0.25, 0.3) is 11.3 Å². The summed E-state index contributed by atoms with van der Waals surface area (Å²) in [5.74, 6) is 1.25. The van der Waals surface area contributed by atoms with Gasteiger partial charge in [-0.05, 0) is 42.5 Å². The van der Waals surface area contributed by atoms with Crippen molar-refractivity contribution in [3.05, 3.63) is 65.4 Å². The highest BCUT2D eigenvalue weighted by molar-refractivity contribution is 7.99. The van der Waals surface area contributed by atoms with Gasteiger partial charge in [-0.25, -0.2) is 0 Å². The van der Waals surface area contributed by atoms with Crippen molar-refractivity contribution in [3.8, 4) is 11.3 Å². The van der Waals surface area contributed by atoms with E-state index < -0.39 is 0 Å². The van der Waals surface area contributed by atoms with Crippen LogP contribution in [0.5, 0.6) is 0 Å². The summed E-state index contributed by atoms with van der Waals surface area (Å²) < 4.78 is 5.50. The van der Waals surface area contributed by atoms with Crippen LogP contribution in [-0.4, -0.2) is 23.9 Å². The molecule has 2 heterocycles. The molecule has 1 amide bonds. The third-order valence-corrected chi connectivity index (χ3v) is 6.21. The van der Waals surface area contributed by atoms with Gasteiger partial charge in [-0.15, -0.1) is 23.5 Å². The van der Waals surface area contributed by atoms with Crippen molar-refractivity contribution in [1.29, 1.82) is 0 Å². The molecule has 4 nitrogen and oxygen atoms in total. The highest BCUT2D eigenvalue weighted by Gasteiger charge is 2.27. The third kappa shape index (κ3) is 3.39. The second kappa shape index (κ2) is 7.60. The minimum Gasteiger partial charge on any atom is -0.355 e. The fraction of sp³-hybridized carbons (Fsp3) is 0.200. The Hall–Kier alpha value is -2.18. The first kappa shape index (κ1) is 17.2. The molecule has 0 saturated carbocycles. The topological polar surface area (TPSA) is 55.1 Å². The average Bonchev–Trinajstić information content (AvgIpc) is 3.13. The van der Waals surface area contributed by atoms with E-state index in [0.717, 1.165) is 28.2 Å². The molecular formula is C20H18N2O2S2. The number of nitrogens with zero attached hydrogens (tertiary/aromatic N) is 1. The predicted molar refractivity (Wildman–Crippen MR) is 106 cm³/mol. The molecule has 6 heteroatoms. The maximum atomic E-state index is 12.5. The van der Waals surface area contributed by atoms with Gasteiger partial charge >= 0.3 is 0 Å². The fourth-order valence-electron chi connectivity index (χ4n) is 2.96. The number of rotatable bonds is 5. The van der Waals surface area contributed by atoms with Gasteiger partial charge in [-0.2, -0.15) is 0 Å². The number of nitrogens with one attached hydrogen (secondary N) is 1. The van der Waals surface area contributed by atoms with E-state index in [4.69, 9.17) is 4.52 Å². The molecule has 0 unspecified atom stereocenters. The van der Waals surface area contributed by atoms with Crippen LogP contribution in [0.15, 0.2) is 62.8 Å². The molecule has 0 aliphatic carbocycles. The number of thioether (sulfide) groups is 2. The molecule has 26 heavy (non-hydrogen) atoms. The van der Waals surface area contributed by atoms with E-state index in [1.54, 1.807) is 23.5 Å². The molecule has 1 aliphatic heterocycles. The Balaban J connectivity index is 1.42. The van der Waals surface area contributed by atoms with Crippen LogP contribution < -0.4 is 5.32 Å². The Bertz CT molecular complexity index is 935. The van der Waals surface area contributed by atoms with Crippen LogP contribution >= 0.6 is 23.5 Å². The first-order valence-corrected chi connectivity index (χ1v) is 10.6. The number of hydrogen-bond donors (Lipinski definition) is 1. The minimum absolute atomic E-state index is 0.171. The Morgan fingerprint density at radius 1 is 1.23 bits per heavy atom. The molecule has 0 fully saturated rings. The summed E-state index contributed by atoms with van der Waals surface area (Å²) in [5.41, 5.74) is 3.50. The molecule has 132 valence electrons. The summed E-state index contributed by atoms with van der Waals surface area (Å²) in [4.78, 5) is 14.9. The van der Waals surface area contributed by atoms with E-state index in [0.29, 0.717) is 18.0 Å². The molecule has 0 radical (unpaired) electrons. The maximum Gasteiger partial charge on any atom is 0.273 e. The Morgan fingerprint density at radius 2 is 2.04 bits per heavy atom. The normalized spacial score (nSPS) is 12.3. The molecule has 0 saturated heterocycles. The van der Waals surface area contributed by atoms with Crippen molar-refractivity contribution in [3.63, 3.8) is 0 Å². The van der Waals surface area contributed by atoms with Gasteiger partial charge in [0.05, 0.1) is 0 Å². The number of benzene rings is 2. The number of aromatic nitrogens is 1. The largest absolute Gasteiger partial charge is 0.355 e. The lowest BCUT2D eigenvalue weighted by Gasteiger charge is -2.13. The standard InChI is InChI=1S/C20H18N2O2S2/c1-25-14-8-6-13(7-9-14)10-11-21-20(23)18-16-12-26-17-5-3-2-4-15(17)19(16)24-22-18/h2-9H,10-12H2,1H3,(H,21,23). The van der Waals surface area contributed by atoms with E-state index in [1.165, 1.54) is 10.5 Å². The molecule has 1 aromatic heterocycles. The van der Waals surface area contributed by atoms with E-state index in [1.807, 2.05) is 18.2 Å². The van der Waals surface area contributed by atoms with E-state index in [-0.39, 0.29) is 5.91 Å². The first-order valence-electron chi connectivity index (χ1n) is 8.38. The highest BCUT2D eigenvalue weighted by atomic mass is 32.2. The van der Waals surface area contributed by atoms with Gasteiger partial charge < -0.3 is 9.84 Å². The number of hydrogen-bond acceptors (Lipinski definition) is 5. The van der Waals surface area contributed by atoms with Crippen molar-refractivity contribution < 1.29 is 9.32 Å². The summed E-state index contributed by atoms with van der Waals surface area (Å²) in [6, 6.07) is 16.5. The van der Waals surface area contributed by atoms with Crippen molar-refractivity contribution in [2.45, 2.75) is 22.0 Å². The van der Waals surface area contributed by atoms with Crippen LogP contribution in [0.2, 0.25) is 0 Å². The van der Waals surface area contributed by atoms with Crippen molar-refractivity contribution in [2.75, 3.05) is 12.8 Å². The van der Waals surface area contributed by atoms with Crippen molar-refractivity contribution >= 4 is 29.4 Å². The minimum atomic E-state index is -0.171. The Kier molecular flexibility index (Phi) is 5.04. The molecule has 2 aromatic carbocycles. The average molecular weight is 383 g/mol. The van der Waals surface area contributed by atoms with Gasteiger partial charge in [0.15, 0.2) is 11.5 Å². The van der Waals surface area contributed by atoms with Gasteiger partial charge in [0.1, 0.15) is 0 Å². The monoisotopic (exact) mass is 382 g/mol. The smallest absolute Gasteiger partial charge is 0.273 e. The zero-order valence-corrected chi connectivity index (χ0v) is 16.0. The summed E-state index contributed by atoms with van der Waals surface area (Å²) in [5, 5.41) is 7.00. The molecule has 0 bridgehead atoms. The van der Waals surface area contributed by atoms with Crippen LogP contribution in [0, 0.1) is 0 Å². The molecule has 0 spiro atoms. The summed E-state index contributed by atoms with van der Waals surface area (Å²) >= 11 is 3.43. The van der Waals surface area contributed by atoms with Crippen LogP contribution in [0.1, 0.15) is 21.6 Å². The number of amides is 1. The lowest BCUT2D eigenvalue weighted by Crippen LogP contribution is -2.27. The second-order valence-corrected chi connectivity index (χ2v) is 7.87. The Labute approximate surface area is 160 Å². The predicted octanol–water partition coefficient (Wildman–Crippen LogP) is 4.64. The van der Waals surface area contributed by atoms with Gasteiger partial charge in [0, 0.05) is 33.2 Å². The van der Waals surface area contributed by atoms with Crippen molar-refractivity contribution in [1.82, 2.24) is 10.5 Å². The zero-order valence-electron chi connectivity index (χ0n) is 14.3. The SMILES string of the molecule is CSc1ccc(CCNC(=O)c2noc3c2CSc2ccccc2-3)cc1. The molecule has 0 atom stereocenters.